The largest absolute Gasteiger partial charge is 0.445 e. The van der Waals surface area contributed by atoms with Crippen LogP contribution in [-0.4, -0.2) is 154 Å². The van der Waals surface area contributed by atoms with Gasteiger partial charge in [0.1, 0.15) is 29.2 Å². The van der Waals surface area contributed by atoms with E-state index in [-0.39, 0.29) is 87.0 Å². The van der Waals surface area contributed by atoms with E-state index >= 15 is 0 Å². The Morgan fingerprint density at radius 2 is 1.56 bits per heavy atom. The van der Waals surface area contributed by atoms with Crippen molar-refractivity contribution in [3.8, 4) is 0 Å². The van der Waals surface area contributed by atoms with Crippen molar-refractivity contribution in [1.29, 1.82) is 0 Å². The zero-order chi connectivity index (χ0) is 53.7. The molecule has 0 spiro atoms. The number of aromatic amines is 1. The highest BCUT2D eigenvalue weighted by Gasteiger charge is 2.31. The van der Waals surface area contributed by atoms with Crippen LogP contribution in [0.15, 0.2) is 47.3 Å². The average molecular weight is 1040 g/mol. The maximum atomic E-state index is 13.8. The van der Waals surface area contributed by atoms with Gasteiger partial charge in [0.05, 0.1) is 77.5 Å². The van der Waals surface area contributed by atoms with Crippen molar-refractivity contribution in [3.05, 3.63) is 75.5 Å². The molecule has 4 amide bonds. The SMILES string of the molecule is Cc1nc(N)c2[nH]c(=O)n(Cc3ccc4c(c3)nnn4CCN(C(=O)OCc3ccc(CC(=O)[C@H](CCCNC(N)=O)NC(=O)[C@@H](CC(=O)CCOCCOCCOCCOCCN)C(C)C)cc3)C3CCC3)c2n1. The summed E-state index contributed by atoms with van der Waals surface area (Å²) in [4.78, 5) is 91.3. The summed E-state index contributed by atoms with van der Waals surface area (Å²) < 4.78 is 30.8. The second-order valence-corrected chi connectivity index (χ2v) is 18.9. The number of hydrogen-bond acceptors (Lipinski definition) is 17. The summed E-state index contributed by atoms with van der Waals surface area (Å²) in [6.07, 6.45) is 2.99. The number of carbonyl (C=O) groups is 5. The summed E-state index contributed by atoms with van der Waals surface area (Å²) in [5, 5.41) is 14.2. The van der Waals surface area contributed by atoms with E-state index in [4.69, 9.17) is 40.9 Å². The number of ketones is 2. The van der Waals surface area contributed by atoms with Crippen LogP contribution >= 0.6 is 0 Å². The fraction of sp³-hybridized carbons (Fsp3) is 0.569. The number of fused-ring (bicyclic) bond motifs is 2. The first-order valence-electron chi connectivity index (χ1n) is 25.7. The van der Waals surface area contributed by atoms with Crippen LogP contribution in [-0.2, 0) is 64.2 Å². The summed E-state index contributed by atoms with van der Waals surface area (Å²) in [6, 6.07) is 11.2. The molecule has 1 aliphatic rings. The Balaban J connectivity index is 0.963. The minimum Gasteiger partial charge on any atom is -0.445 e. The normalized spacial score (nSPS) is 13.5. The Labute approximate surface area is 435 Å². The molecule has 0 aliphatic heterocycles. The molecule has 0 unspecified atom stereocenters. The van der Waals surface area contributed by atoms with Crippen LogP contribution in [0.2, 0.25) is 0 Å². The molecule has 2 aromatic carbocycles. The lowest BCUT2D eigenvalue weighted by molar-refractivity contribution is -0.134. The van der Waals surface area contributed by atoms with Gasteiger partial charge in [0.2, 0.25) is 5.91 Å². The van der Waals surface area contributed by atoms with Crippen molar-refractivity contribution in [3.63, 3.8) is 0 Å². The lowest BCUT2D eigenvalue weighted by Gasteiger charge is -2.36. The molecule has 5 aromatic rings. The minimum absolute atomic E-state index is 0.000347. The maximum absolute atomic E-state index is 13.8. The number of nitrogen functional groups attached to an aromatic ring is 1. The van der Waals surface area contributed by atoms with Crippen LogP contribution in [0.1, 0.15) is 81.3 Å². The zero-order valence-electron chi connectivity index (χ0n) is 43.3. The van der Waals surface area contributed by atoms with E-state index < -0.39 is 30.0 Å². The van der Waals surface area contributed by atoms with Gasteiger partial charge in [-0.3, -0.25) is 19.0 Å². The summed E-state index contributed by atoms with van der Waals surface area (Å²) in [6.45, 7) is 10.1. The molecule has 1 aliphatic carbocycles. The molecule has 3 heterocycles. The minimum atomic E-state index is -0.892. The summed E-state index contributed by atoms with van der Waals surface area (Å²) in [5.74, 6) is -1.01. The molecule has 1 fully saturated rings. The Hall–Kier alpha value is -6.86. The van der Waals surface area contributed by atoms with Gasteiger partial charge in [-0.25, -0.2) is 29.0 Å². The number of rotatable bonds is 34. The van der Waals surface area contributed by atoms with E-state index in [1.165, 1.54) is 4.57 Å². The lowest BCUT2D eigenvalue weighted by Crippen LogP contribution is -2.46. The third kappa shape index (κ3) is 17.6. The number of nitrogens with two attached hydrogens (primary N) is 3. The number of benzene rings is 2. The van der Waals surface area contributed by atoms with Crippen LogP contribution in [0.5, 0.6) is 0 Å². The van der Waals surface area contributed by atoms with Crippen molar-refractivity contribution in [2.75, 3.05) is 78.2 Å². The Bertz CT molecular complexity index is 2720. The lowest BCUT2D eigenvalue weighted by atomic mass is 9.88. The first kappa shape index (κ1) is 57.4. The number of Topliss-reactive ketones (excluding diaryl/α,β-unsaturated/α-hetero) is 2. The topological polar surface area (TPSA) is 331 Å². The van der Waals surface area contributed by atoms with Crippen molar-refractivity contribution in [2.45, 2.75) is 104 Å². The number of amides is 4. The van der Waals surface area contributed by atoms with Crippen LogP contribution in [0.4, 0.5) is 15.4 Å². The van der Waals surface area contributed by atoms with Crippen LogP contribution in [0.3, 0.4) is 0 Å². The van der Waals surface area contributed by atoms with Gasteiger partial charge < -0.3 is 61.4 Å². The number of urea groups is 1. The predicted molar refractivity (Wildman–Crippen MR) is 277 cm³/mol. The fourth-order valence-electron chi connectivity index (χ4n) is 8.52. The van der Waals surface area contributed by atoms with Gasteiger partial charge in [-0.15, -0.1) is 5.10 Å². The molecule has 3 aromatic heterocycles. The maximum Gasteiger partial charge on any atom is 0.410 e. The number of ether oxygens (including phenoxy) is 5. The summed E-state index contributed by atoms with van der Waals surface area (Å²) >= 11 is 0. The number of nitrogens with zero attached hydrogens (tertiary/aromatic N) is 7. The molecule has 9 N–H and O–H groups in total. The van der Waals surface area contributed by atoms with Crippen LogP contribution < -0.4 is 33.5 Å². The Morgan fingerprint density at radius 1 is 0.893 bits per heavy atom. The van der Waals surface area contributed by atoms with Gasteiger partial charge in [0.15, 0.2) is 17.2 Å². The predicted octanol–water partition coefficient (Wildman–Crippen LogP) is 2.69. The zero-order valence-corrected chi connectivity index (χ0v) is 43.3. The second kappa shape index (κ2) is 29.3. The van der Waals surface area contributed by atoms with Crippen LogP contribution in [0, 0.1) is 18.8 Å². The van der Waals surface area contributed by atoms with Gasteiger partial charge in [0.25, 0.3) is 0 Å². The van der Waals surface area contributed by atoms with Gasteiger partial charge in [-0.2, -0.15) is 0 Å². The van der Waals surface area contributed by atoms with E-state index in [2.05, 4.69) is 35.9 Å². The van der Waals surface area contributed by atoms with Gasteiger partial charge in [0, 0.05) is 50.9 Å². The van der Waals surface area contributed by atoms with Gasteiger partial charge in [-0.05, 0) is 73.8 Å². The first-order valence-corrected chi connectivity index (χ1v) is 25.7. The molecule has 0 saturated heterocycles. The molecule has 0 radical (unpaired) electrons. The smallest absolute Gasteiger partial charge is 0.410 e. The molecule has 6 rings (SSSR count). The number of aryl methyl sites for hydroxylation is 1. The number of primary amides is 1. The molecule has 0 bridgehead atoms. The molecule has 408 valence electrons. The first-order chi connectivity index (χ1) is 36.2. The Morgan fingerprint density at radius 3 is 2.21 bits per heavy atom. The molecule has 24 heteroatoms. The highest BCUT2D eigenvalue weighted by Crippen LogP contribution is 2.26. The number of H-pyrrole nitrogens is 1. The summed E-state index contributed by atoms with van der Waals surface area (Å²) in [5.41, 5.74) is 20.7. The van der Waals surface area contributed by atoms with Gasteiger partial charge >= 0.3 is 17.8 Å². The number of carbonyl (C=O) groups excluding carboxylic acids is 5. The molecular formula is C51H73N13O11. The highest BCUT2D eigenvalue weighted by molar-refractivity contribution is 5.93. The number of anilines is 1. The second-order valence-electron chi connectivity index (χ2n) is 18.9. The highest BCUT2D eigenvalue weighted by atomic mass is 16.6. The fourth-order valence-corrected chi connectivity index (χ4v) is 8.52. The van der Waals surface area contributed by atoms with Gasteiger partial charge in [-0.1, -0.05) is 49.4 Å². The van der Waals surface area contributed by atoms with Crippen molar-refractivity contribution >= 4 is 57.6 Å². The number of nitrogens with one attached hydrogen (secondary N) is 3. The van der Waals surface area contributed by atoms with E-state index in [1.54, 1.807) is 40.8 Å². The van der Waals surface area contributed by atoms with Crippen molar-refractivity contribution < 1.29 is 47.7 Å². The number of hydrogen-bond donors (Lipinski definition) is 6. The molecular weight excluding hydrogens is 971 g/mol. The molecule has 24 nitrogen and oxygen atoms in total. The van der Waals surface area contributed by atoms with Crippen LogP contribution in [0.25, 0.3) is 22.2 Å². The van der Waals surface area contributed by atoms with Crippen molar-refractivity contribution in [1.82, 2.24) is 50.0 Å². The molecule has 1 saturated carbocycles. The number of aromatic nitrogens is 7. The number of imidazole rings is 1. The monoisotopic (exact) mass is 1040 g/mol. The third-order valence-corrected chi connectivity index (χ3v) is 12.9. The van der Waals surface area contributed by atoms with E-state index in [1.807, 2.05) is 32.0 Å². The third-order valence-electron chi connectivity index (χ3n) is 12.9. The average Bonchev–Trinajstić information content (AvgIpc) is 3.91. The quantitative estimate of drug-likeness (QED) is 0.0323. The Kier molecular flexibility index (Phi) is 22.4. The van der Waals surface area contributed by atoms with E-state index in [0.29, 0.717) is 100 Å². The molecule has 2 atom stereocenters. The van der Waals surface area contributed by atoms with E-state index in [0.717, 1.165) is 35.9 Å². The van der Waals surface area contributed by atoms with Crippen molar-refractivity contribution in [2.24, 2.45) is 23.3 Å². The summed E-state index contributed by atoms with van der Waals surface area (Å²) in [7, 11) is 0. The van der Waals surface area contributed by atoms with E-state index in [9.17, 15) is 28.8 Å². The standard InChI is InChI=1S/C51H73N13O11/c1-33(2)40(30-39(65)15-20-71-22-24-73-26-27-74-25-23-72-21-16-52)48(67)58-41(8-5-17-55-49(54)68)44(66)29-35-9-11-36(12-10-35)32-75-51(70)62(38-6-4-7-38)18-19-64-43-14-13-37(28-42(43)60-61-64)31-63-47-45(59-50(63)69)46(53)56-34(3)57-47/h9-14,28,33,38,40-41H,4-8,15-27,29-32,52H2,1-3H3,(H,58,67)(H,59,69)(H2,53,56,57)(H3,54,55,68)/t40-,41-/m0/s1. The molecule has 75 heavy (non-hydrogen) atoms.